The molecule has 1 fully saturated rings. The predicted molar refractivity (Wildman–Crippen MR) is 74.8 cm³/mol. The molecule has 2 aliphatic rings. The molecule has 1 aliphatic carbocycles. The lowest BCUT2D eigenvalue weighted by atomic mass is 9.88. The minimum absolute atomic E-state index is 0.106. The molecular formula is C17H20F2O. The minimum atomic E-state index is -0.849. The van der Waals surface area contributed by atoms with Crippen molar-refractivity contribution in [2.45, 2.75) is 51.0 Å². The highest BCUT2D eigenvalue weighted by atomic mass is 19.2. The second kappa shape index (κ2) is 5.94. The zero-order chi connectivity index (χ0) is 13.9. The molecule has 1 aliphatic heterocycles. The summed E-state index contributed by atoms with van der Waals surface area (Å²) in [5.74, 6) is -0.945. The number of benzene rings is 1. The van der Waals surface area contributed by atoms with Crippen LogP contribution in [0.25, 0.3) is 0 Å². The van der Waals surface area contributed by atoms with Crippen LogP contribution in [0.4, 0.5) is 8.78 Å². The molecule has 108 valence electrons. The number of ether oxygens (including phenoxy) is 1. The zero-order valence-electron chi connectivity index (χ0n) is 11.6. The lowest BCUT2D eigenvalue weighted by Gasteiger charge is -2.25. The lowest BCUT2D eigenvalue weighted by molar-refractivity contribution is 0.204. The molecule has 3 heteroatoms. The Morgan fingerprint density at radius 3 is 2.60 bits per heavy atom. The molecular weight excluding hydrogens is 258 g/mol. The molecule has 3 rings (SSSR count). The third-order valence-corrected chi connectivity index (χ3v) is 4.35. The van der Waals surface area contributed by atoms with Crippen LogP contribution in [-0.2, 0) is 6.42 Å². The van der Waals surface area contributed by atoms with Crippen molar-refractivity contribution in [2.75, 3.05) is 0 Å². The second-order valence-corrected chi connectivity index (χ2v) is 5.83. The van der Waals surface area contributed by atoms with Crippen molar-refractivity contribution >= 4 is 0 Å². The summed E-state index contributed by atoms with van der Waals surface area (Å²) < 4.78 is 32.6. The first-order valence-corrected chi connectivity index (χ1v) is 7.56. The summed E-state index contributed by atoms with van der Waals surface area (Å²) in [5.41, 5.74) is 0.770. The van der Waals surface area contributed by atoms with Crippen molar-refractivity contribution in [1.82, 2.24) is 0 Å². The molecule has 0 amide bonds. The first kappa shape index (κ1) is 13.6. The molecule has 0 bridgehead atoms. The van der Waals surface area contributed by atoms with Crippen molar-refractivity contribution < 1.29 is 13.5 Å². The summed E-state index contributed by atoms with van der Waals surface area (Å²) in [4.78, 5) is 0. The Morgan fingerprint density at radius 2 is 1.80 bits per heavy atom. The van der Waals surface area contributed by atoms with Gasteiger partial charge in [0.05, 0.1) is 0 Å². The molecule has 0 spiro atoms. The van der Waals surface area contributed by atoms with E-state index in [1.807, 2.05) is 6.08 Å². The normalized spacial score (nSPS) is 23.6. The van der Waals surface area contributed by atoms with Crippen molar-refractivity contribution in [3.05, 3.63) is 41.5 Å². The van der Waals surface area contributed by atoms with Crippen molar-refractivity contribution in [1.29, 1.82) is 0 Å². The molecule has 1 aromatic carbocycles. The monoisotopic (exact) mass is 278 g/mol. The molecule has 1 atom stereocenters. The average molecular weight is 278 g/mol. The summed E-state index contributed by atoms with van der Waals surface area (Å²) in [6, 6.07) is 2.80. The van der Waals surface area contributed by atoms with Crippen LogP contribution in [0.5, 0.6) is 5.75 Å². The smallest absolute Gasteiger partial charge is 0.200 e. The maximum Gasteiger partial charge on any atom is 0.200 e. The standard InChI is InChI=1S/C17H20F2O/c18-15-11-8-13-7-10-14(20-17(13)16(15)19)9-6-12-4-2-1-3-5-12/h6,8-9,11-12,14H,1-5,7,10H2/b9-6+. The molecule has 0 saturated heterocycles. The molecule has 1 unspecified atom stereocenters. The fourth-order valence-corrected chi connectivity index (χ4v) is 3.15. The van der Waals surface area contributed by atoms with Gasteiger partial charge in [-0.15, -0.1) is 0 Å². The van der Waals surface area contributed by atoms with E-state index in [9.17, 15) is 8.78 Å². The van der Waals surface area contributed by atoms with Crippen molar-refractivity contribution in [2.24, 2.45) is 5.92 Å². The molecule has 1 nitrogen and oxygen atoms in total. The zero-order valence-corrected chi connectivity index (χ0v) is 11.6. The van der Waals surface area contributed by atoms with E-state index < -0.39 is 11.6 Å². The Hall–Kier alpha value is -1.38. The molecule has 0 aromatic heterocycles. The van der Waals surface area contributed by atoms with E-state index in [2.05, 4.69) is 6.08 Å². The lowest BCUT2D eigenvalue weighted by Crippen LogP contribution is -2.22. The number of aryl methyl sites for hydroxylation is 1. The van der Waals surface area contributed by atoms with Gasteiger partial charge in [-0.25, -0.2) is 4.39 Å². The Morgan fingerprint density at radius 1 is 1.00 bits per heavy atom. The molecule has 20 heavy (non-hydrogen) atoms. The fourth-order valence-electron chi connectivity index (χ4n) is 3.15. The van der Waals surface area contributed by atoms with E-state index in [0.29, 0.717) is 5.92 Å². The first-order valence-electron chi connectivity index (χ1n) is 7.56. The highest BCUT2D eigenvalue weighted by Gasteiger charge is 2.23. The average Bonchev–Trinajstić information content (AvgIpc) is 2.50. The van der Waals surface area contributed by atoms with Crippen LogP contribution in [0.2, 0.25) is 0 Å². The van der Waals surface area contributed by atoms with E-state index in [1.165, 1.54) is 38.2 Å². The number of hydrogen-bond donors (Lipinski definition) is 0. The van der Waals surface area contributed by atoms with E-state index in [-0.39, 0.29) is 11.9 Å². The van der Waals surface area contributed by atoms with Crippen LogP contribution >= 0.6 is 0 Å². The molecule has 0 radical (unpaired) electrons. The molecule has 1 heterocycles. The number of halogens is 2. The van der Waals surface area contributed by atoms with Crippen molar-refractivity contribution in [3.8, 4) is 5.75 Å². The van der Waals surface area contributed by atoms with Gasteiger partial charge in [0.15, 0.2) is 11.6 Å². The fraction of sp³-hybridized carbons (Fsp3) is 0.529. The van der Waals surface area contributed by atoms with Crippen molar-refractivity contribution in [3.63, 3.8) is 0 Å². The highest BCUT2D eigenvalue weighted by Crippen LogP contribution is 2.32. The quantitative estimate of drug-likeness (QED) is 0.706. The van der Waals surface area contributed by atoms with Gasteiger partial charge in [-0.1, -0.05) is 31.4 Å². The van der Waals surface area contributed by atoms with Gasteiger partial charge in [0, 0.05) is 0 Å². The first-order chi connectivity index (χ1) is 9.74. The number of allylic oxidation sites excluding steroid dienone is 1. The predicted octanol–water partition coefficient (Wildman–Crippen LogP) is 4.79. The number of rotatable bonds is 2. The Bertz CT molecular complexity index is 504. The summed E-state index contributed by atoms with van der Waals surface area (Å²) in [5, 5.41) is 0. The summed E-state index contributed by atoms with van der Waals surface area (Å²) in [7, 11) is 0. The van der Waals surface area contributed by atoms with Crippen LogP contribution in [0.1, 0.15) is 44.1 Å². The third kappa shape index (κ3) is 2.87. The van der Waals surface area contributed by atoms with Crippen LogP contribution < -0.4 is 4.74 Å². The minimum Gasteiger partial charge on any atom is -0.483 e. The topological polar surface area (TPSA) is 9.23 Å². The Kier molecular flexibility index (Phi) is 4.04. The summed E-state index contributed by atoms with van der Waals surface area (Å²) in [6.45, 7) is 0. The van der Waals surface area contributed by atoms with Gasteiger partial charge in [0.25, 0.3) is 0 Å². The van der Waals surface area contributed by atoms with Crippen LogP contribution in [0.15, 0.2) is 24.3 Å². The van der Waals surface area contributed by atoms with Gasteiger partial charge >= 0.3 is 0 Å². The maximum absolute atomic E-state index is 13.7. The van der Waals surface area contributed by atoms with E-state index in [4.69, 9.17) is 4.74 Å². The number of hydrogen-bond acceptors (Lipinski definition) is 1. The summed E-state index contributed by atoms with van der Waals surface area (Å²) >= 11 is 0. The van der Waals surface area contributed by atoms with E-state index in [1.54, 1.807) is 6.07 Å². The third-order valence-electron chi connectivity index (χ3n) is 4.35. The van der Waals surface area contributed by atoms with Crippen LogP contribution in [-0.4, -0.2) is 6.10 Å². The van der Waals surface area contributed by atoms with Crippen LogP contribution in [0, 0.1) is 17.6 Å². The molecule has 1 aromatic rings. The highest BCUT2D eigenvalue weighted by molar-refractivity contribution is 5.38. The van der Waals surface area contributed by atoms with Gasteiger partial charge in [0.1, 0.15) is 6.10 Å². The molecule has 0 N–H and O–H groups in total. The van der Waals surface area contributed by atoms with E-state index in [0.717, 1.165) is 18.4 Å². The second-order valence-electron chi connectivity index (χ2n) is 5.83. The summed E-state index contributed by atoms with van der Waals surface area (Å²) in [6.07, 6.45) is 12.1. The van der Waals surface area contributed by atoms with Gasteiger partial charge in [-0.05, 0) is 49.3 Å². The van der Waals surface area contributed by atoms with Gasteiger partial charge in [0.2, 0.25) is 5.82 Å². The Labute approximate surface area is 118 Å². The largest absolute Gasteiger partial charge is 0.483 e. The van der Waals surface area contributed by atoms with Gasteiger partial charge < -0.3 is 4.74 Å². The molecule has 1 saturated carbocycles. The SMILES string of the molecule is Fc1ccc2c(c1F)OC(/C=C/C1CCCCC1)CC2. The van der Waals surface area contributed by atoms with E-state index >= 15 is 0 Å². The maximum atomic E-state index is 13.7. The van der Waals surface area contributed by atoms with Gasteiger partial charge in [-0.2, -0.15) is 4.39 Å². The number of fused-ring (bicyclic) bond motifs is 1. The van der Waals surface area contributed by atoms with Gasteiger partial charge in [-0.3, -0.25) is 0 Å². The Balaban J connectivity index is 1.68. The van der Waals surface area contributed by atoms with Crippen LogP contribution in [0.3, 0.4) is 0 Å².